The van der Waals surface area contributed by atoms with Crippen molar-refractivity contribution >= 4 is 0 Å². The molecule has 0 spiro atoms. The van der Waals surface area contributed by atoms with Crippen LogP contribution in [-0.4, -0.2) is 16.3 Å². The van der Waals surface area contributed by atoms with Gasteiger partial charge in [0.2, 0.25) is 0 Å². The molecule has 1 N–H and O–H groups in total. The zero-order valence-electron chi connectivity index (χ0n) is 12.0. The van der Waals surface area contributed by atoms with Crippen molar-refractivity contribution < 1.29 is 8.78 Å². The van der Waals surface area contributed by atoms with Gasteiger partial charge in [0.25, 0.3) is 0 Å². The first-order chi connectivity index (χ1) is 9.52. The van der Waals surface area contributed by atoms with E-state index in [0.29, 0.717) is 18.5 Å². The Hall–Kier alpha value is -1.75. The molecule has 108 valence electrons. The van der Waals surface area contributed by atoms with E-state index < -0.39 is 17.7 Å². The Morgan fingerprint density at radius 2 is 2.10 bits per heavy atom. The largest absolute Gasteiger partial charge is 0.310 e. The van der Waals surface area contributed by atoms with Gasteiger partial charge < -0.3 is 5.32 Å². The molecule has 2 rings (SSSR count). The Labute approximate surface area is 117 Å². The summed E-state index contributed by atoms with van der Waals surface area (Å²) >= 11 is 0. The van der Waals surface area contributed by atoms with Gasteiger partial charge in [-0.25, -0.2) is 8.78 Å². The lowest BCUT2D eigenvalue weighted by Gasteiger charge is -2.20. The van der Waals surface area contributed by atoms with Crippen molar-refractivity contribution in [3.05, 3.63) is 52.9 Å². The molecule has 5 heteroatoms. The van der Waals surface area contributed by atoms with E-state index in [9.17, 15) is 8.78 Å². The van der Waals surface area contributed by atoms with Crippen molar-refractivity contribution in [1.29, 1.82) is 0 Å². The fourth-order valence-electron chi connectivity index (χ4n) is 2.33. The summed E-state index contributed by atoms with van der Waals surface area (Å²) in [5.41, 5.74) is 1.50. The summed E-state index contributed by atoms with van der Waals surface area (Å²) in [4.78, 5) is 0. The number of aryl methyl sites for hydroxylation is 2. The van der Waals surface area contributed by atoms with Crippen molar-refractivity contribution in [2.45, 2.75) is 26.3 Å². The number of benzene rings is 1. The third-order valence-corrected chi connectivity index (χ3v) is 3.32. The van der Waals surface area contributed by atoms with Crippen LogP contribution in [0.4, 0.5) is 8.78 Å². The maximum atomic E-state index is 14.2. The number of likely N-dealkylation sites (N-methyl/N-ethyl adjacent to an activating group) is 1. The van der Waals surface area contributed by atoms with Crippen molar-refractivity contribution in [1.82, 2.24) is 15.1 Å². The van der Waals surface area contributed by atoms with Gasteiger partial charge >= 0.3 is 0 Å². The third kappa shape index (κ3) is 3.04. The average molecular weight is 279 g/mol. The fourth-order valence-corrected chi connectivity index (χ4v) is 2.33. The molecule has 1 heterocycles. The summed E-state index contributed by atoms with van der Waals surface area (Å²) in [6.45, 7) is 4.20. The van der Waals surface area contributed by atoms with Gasteiger partial charge in [-0.1, -0.05) is 13.0 Å². The van der Waals surface area contributed by atoms with Gasteiger partial charge in [-0.05, 0) is 37.1 Å². The van der Waals surface area contributed by atoms with Gasteiger partial charge in [0, 0.05) is 24.8 Å². The average Bonchev–Trinajstić information content (AvgIpc) is 2.80. The number of aromatic nitrogens is 2. The first-order valence-corrected chi connectivity index (χ1v) is 6.68. The van der Waals surface area contributed by atoms with Crippen LogP contribution in [-0.2, 0) is 13.5 Å². The minimum atomic E-state index is -0.511. The molecule has 0 aliphatic carbocycles. The SMILES string of the molecule is CCNC(Cc1cnn(C)c1)c1c(F)ccc(C)c1F. The van der Waals surface area contributed by atoms with E-state index in [-0.39, 0.29) is 5.56 Å². The van der Waals surface area contributed by atoms with E-state index in [1.807, 2.05) is 20.2 Å². The standard InChI is InChI=1S/C15H19F2N3/c1-4-18-13(7-11-8-19-20(3)9-11)14-12(16)6-5-10(2)15(14)17/h5-6,8-9,13,18H,4,7H2,1-3H3. The minimum absolute atomic E-state index is 0.107. The first-order valence-electron chi connectivity index (χ1n) is 6.68. The molecule has 0 bridgehead atoms. The summed E-state index contributed by atoms with van der Waals surface area (Å²) < 4.78 is 29.9. The van der Waals surface area contributed by atoms with Gasteiger partial charge in [-0.3, -0.25) is 4.68 Å². The van der Waals surface area contributed by atoms with Gasteiger partial charge in [0.15, 0.2) is 0 Å². The van der Waals surface area contributed by atoms with Crippen LogP contribution in [0.1, 0.15) is 29.7 Å². The number of rotatable bonds is 5. The third-order valence-electron chi connectivity index (χ3n) is 3.32. The summed E-state index contributed by atoms with van der Waals surface area (Å²) in [5.74, 6) is -0.984. The number of halogens is 2. The smallest absolute Gasteiger partial charge is 0.133 e. The number of hydrogen-bond donors (Lipinski definition) is 1. The molecule has 0 saturated heterocycles. The normalized spacial score (nSPS) is 12.7. The molecule has 0 aliphatic rings. The molecule has 0 amide bonds. The van der Waals surface area contributed by atoms with E-state index >= 15 is 0 Å². The highest BCUT2D eigenvalue weighted by atomic mass is 19.1. The van der Waals surface area contributed by atoms with Crippen molar-refractivity contribution in [2.75, 3.05) is 6.54 Å². The molecule has 1 aromatic carbocycles. The lowest BCUT2D eigenvalue weighted by molar-refractivity contribution is 0.470. The number of hydrogen-bond acceptors (Lipinski definition) is 2. The Morgan fingerprint density at radius 3 is 2.70 bits per heavy atom. The molecule has 0 fully saturated rings. The van der Waals surface area contributed by atoms with Crippen LogP contribution in [0, 0.1) is 18.6 Å². The lowest BCUT2D eigenvalue weighted by atomic mass is 9.97. The van der Waals surface area contributed by atoms with Crippen LogP contribution in [0.5, 0.6) is 0 Å². The Morgan fingerprint density at radius 1 is 1.35 bits per heavy atom. The van der Waals surface area contributed by atoms with E-state index in [1.165, 1.54) is 12.1 Å². The van der Waals surface area contributed by atoms with Gasteiger partial charge in [0.05, 0.1) is 6.20 Å². The monoisotopic (exact) mass is 279 g/mol. The van der Waals surface area contributed by atoms with Crippen LogP contribution in [0.25, 0.3) is 0 Å². The molecule has 1 unspecified atom stereocenters. The molecular formula is C15H19F2N3. The molecule has 0 radical (unpaired) electrons. The summed E-state index contributed by atoms with van der Waals surface area (Å²) in [6, 6.07) is 2.38. The van der Waals surface area contributed by atoms with Gasteiger partial charge in [0.1, 0.15) is 11.6 Å². The maximum absolute atomic E-state index is 14.2. The molecule has 3 nitrogen and oxygen atoms in total. The van der Waals surface area contributed by atoms with Crippen LogP contribution in [0.3, 0.4) is 0 Å². The number of nitrogens with zero attached hydrogens (tertiary/aromatic N) is 2. The quantitative estimate of drug-likeness (QED) is 0.912. The summed E-state index contributed by atoms with van der Waals surface area (Å²) in [6.07, 6.45) is 4.07. The van der Waals surface area contributed by atoms with Crippen LogP contribution >= 0.6 is 0 Å². The van der Waals surface area contributed by atoms with E-state index in [1.54, 1.807) is 17.8 Å². The summed E-state index contributed by atoms with van der Waals surface area (Å²) in [7, 11) is 1.82. The zero-order chi connectivity index (χ0) is 14.7. The van der Waals surface area contributed by atoms with E-state index in [4.69, 9.17) is 0 Å². The van der Waals surface area contributed by atoms with Crippen molar-refractivity contribution in [3.8, 4) is 0 Å². The van der Waals surface area contributed by atoms with Crippen molar-refractivity contribution in [2.24, 2.45) is 7.05 Å². The van der Waals surface area contributed by atoms with Gasteiger partial charge in [-0.15, -0.1) is 0 Å². The first kappa shape index (κ1) is 14.7. The minimum Gasteiger partial charge on any atom is -0.310 e. The molecule has 0 aliphatic heterocycles. The molecule has 0 saturated carbocycles. The molecule has 1 aromatic heterocycles. The van der Waals surface area contributed by atoms with Crippen LogP contribution < -0.4 is 5.32 Å². The highest BCUT2D eigenvalue weighted by molar-refractivity contribution is 5.30. The fraction of sp³-hybridized carbons (Fsp3) is 0.400. The predicted octanol–water partition coefficient (Wildman–Crippen LogP) is 2.90. The predicted molar refractivity (Wildman–Crippen MR) is 74.4 cm³/mol. The van der Waals surface area contributed by atoms with Crippen LogP contribution in [0.2, 0.25) is 0 Å². The Bertz CT molecular complexity index is 593. The van der Waals surface area contributed by atoms with E-state index in [2.05, 4.69) is 10.4 Å². The Kier molecular flexibility index (Phi) is 4.49. The topological polar surface area (TPSA) is 29.9 Å². The molecular weight excluding hydrogens is 260 g/mol. The molecule has 1 atom stereocenters. The molecule has 20 heavy (non-hydrogen) atoms. The van der Waals surface area contributed by atoms with Crippen LogP contribution in [0.15, 0.2) is 24.5 Å². The van der Waals surface area contributed by atoms with E-state index in [0.717, 1.165) is 5.56 Å². The maximum Gasteiger partial charge on any atom is 0.133 e. The van der Waals surface area contributed by atoms with Crippen molar-refractivity contribution in [3.63, 3.8) is 0 Å². The number of nitrogens with one attached hydrogen (secondary N) is 1. The lowest BCUT2D eigenvalue weighted by Crippen LogP contribution is -2.25. The highest BCUT2D eigenvalue weighted by Crippen LogP contribution is 2.26. The Balaban J connectivity index is 2.35. The summed E-state index contributed by atoms with van der Waals surface area (Å²) in [5, 5.41) is 7.24. The zero-order valence-corrected chi connectivity index (χ0v) is 12.0. The highest BCUT2D eigenvalue weighted by Gasteiger charge is 2.21. The molecule has 2 aromatic rings. The second-order valence-electron chi connectivity index (χ2n) is 4.93. The second kappa shape index (κ2) is 6.13. The second-order valence-corrected chi connectivity index (χ2v) is 4.93. The van der Waals surface area contributed by atoms with Gasteiger partial charge in [-0.2, -0.15) is 5.10 Å².